The second kappa shape index (κ2) is 7.20. The molecule has 1 heterocycles. The Hall–Kier alpha value is -0.120. The fourth-order valence-electron chi connectivity index (χ4n) is 1.81. The molecule has 1 saturated heterocycles. The monoisotopic (exact) mass is 214 g/mol. The molecule has 1 rings (SSSR count). The molecule has 0 spiro atoms. The minimum atomic E-state index is 0.643. The normalized spacial score (nSPS) is 23.4. The lowest BCUT2D eigenvalue weighted by Gasteiger charge is -2.23. The number of rotatable bonds is 5. The first-order valence-corrected chi connectivity index (χ1v) is 6.21. The number of ether oxygens (including phenoxy) is 1. The smallest absolute Gasteiger partial charge is 0.0480 e. The summed E-state index contributed by atoms with van der Waals surface area (Å²) in [5.74, 6) is 0. The minimum absolute atomic E-state index is 0.643. The Labute approximate surface area is 94.2 Å². The van der Waals surface area contributed by atoms with E-state index in [0.717, 1.165) is 26.3 Å². The van der Waals surface area contributed by atoms with Gasteiger partial charge in [0.15, 0.2) is 0 Å². The molecule has 0 saturated carbocycles. The van der Waals surface area contributed by atoms with Crippen LogP contribution in [0.15, 0.2) is 0 Å². The fraction of sp³-hybridized carbons (Fsp3) is 1.00. The maximum atomic E-state index is 5.44. The quantitative estimate of drug-likeness (QED) is 0.750. The topological polar surface area (TPSA) is 24.5 Å². The van der Waals surface area contributed by atoms with Crippen LogP contribution in [0.25, 0.3) is 0 Å². The van der Waals surface area contributed by atoms with Crippen LogP contribution in [-0.4, -0.2) is 50.3 Å². The number of hydrogen-bond acceptors (Lipinski definition) is 3. The number of nitrogens with zero attached hydrogens (tertiary/aromatic N) is 1. The molecule has 0 amide bonds. The van der Waals surface area contributed by atoms with E-state index < -0.39 is 0 Å². The van der Waals surface area contributed by atoms with E-state index in [4.69, 9.17) is 4.74 Å². The number of hydrogen-bond donors (Lipinski definition) is 1. The lowest BCUT2D eigenvalue weighted by Crippen LogP contribution is -2.38. The van der Waals surface area contributed by atoms with Gasteiger partial charge in [-0.05, 0) is 40.2 Å². The number of likely N-dealkylation sites (N-methyl/N-ethyl adjacent to an activating group) is 1. The zero-order valence-corrected chi connectivity index (χ0v) is 10.5. The molecule has 0 bridgehead atoms. The molecule has 0 radical (unpaired) electrons. The molecule has 1 fully saturated rings. The van der Waals surface area contributed by atoms with Gasteiger partial charge in [-0.3, -0.25) is 0 Å². The molecule has 1 unspecified atom stereocenters. The van der Waals surface area contributed by atoms with Crippen molar-refractivity contribution in [1.82, 2.24) is 10.2 Å². The molecule has 3 nitrogen and oxygen atoms in total. The highest BCUT2D eigenvalue weighted by Gasteiger charge is 2.11. The zero-order valence-electron chi connectivity index (χ0n) is 10.5. The lowest BCUT2D eigenvalue weighted by atomic mass is 10.1. The summed E-state index contributed by atoms with van der Waals surface area (Å²) in [5, 5.41) is 3.63. The summed E-state index contributed by atoms with van der Waals surface area (Å²) in [6.45, 7) is 8.58. The highest BCUT2D eigenvalue weighted by atomic mass is 16.5. The van der Waals surface area contributed by atoms with Crippen LogP contribution in [0.2, 0.25) is 0 Å². The SMILES string of the molecule is CC(C)N(C)CCNC1CCCOCC1. The van der Waals surface area contributed by atoms with Crippen LogP contribution in [0.5, 0.6) is 0 Å². The highest BCUT2D eigenvalue weighted by Crippen LogP contribution is 2.07. The summed E-state index contributed by atoms with van der Waals surface area (Å²) in [5.41, 5.74) is 0. The van der Waals surface area contributed by atoms with Gasteiger partial charge in [-0.2, -0.15) is 0 Å². The van der Waals surface area contributed by atoms with Crippen molar-refractivity contribution in [1.29, 1.82) is 0 Å². The first-order valence-electron chi connectivity index (χ1n) is 6.21. The van der Waals surface area contributed by atoms with Gasteiger partial charge in [0.05, 0.1) is 0 Å². The zero-order chi connectivity index (χ0) is 11.1. The summed E-state index contributed by atoms with van der Waals surface area (Å²) < 4.78 is 5.44. The van der Waals surface area contributed by atoms with Crippen LogP contribution < -0.4 is 5.32 Å². The Kier molecular flexibility index (Phi) is 6.22. The van der Waals surface area contributed by atoms with Crippen molar-refractivity contribution >= 4 is 0 Å². The van der Waals surface area contributed by atoms with E-state index in [1.165, 1.54) is 19.3 Å². The third kappa shape index (κ3) is 5.50. The fourth-order valence-corrected chi connectivity index (χ4v) is 1.81. The Morgan fingerprint density at radius 2 is 2.13 bits per heavy atom. The second-order valence-corrected chi connectivity index (χ2v) is 4.77. The molecular weight excluding hydrogens is 188 g/mol. The Bertz CT molecular complexity index is 154. The molecular formula is C12H26N2O. The Balaban J connectivity index is 2.07. The van der Waals surface area contributed by atoms with Gasteiger partial charge >= 0.3 is 0 Å². The Morgan fingerprint density at radius 3 is 2.87 bits per heavy atom. The summed E-state index contributed by atoms with van der Waals surface area (Å²) in [6.07, 6.45) is 3.65. The first-order chi connectivity index (χ1) is 7.20. The van der Waals surface area contributed by atoms with Gasteiger partial charge < -0.3 is 15.0 Å². The highest BCUT2D eigenvalue weighted by molar-refractivity contribution is 4.70. The van der Waals surface area contributed by atoms with Crippen molar-refractivity contribution in [2.75, 3.05) is 33.4 Å². The van der Waals surface area contributed by atoms with Gasteiger partial charge in [0.25, 0.3) is 0 Å². The molecule has 0 aromatic rings. The molecule has 0 aromatic carbocycles. The van der Waals surface area contributed by atoms with E-state index in [1.807, 2.05) is 0 Å². The van der Waals surface area contributed by atoms with Crippen molar-refractivity contribution in [3.63, 3.8) is 0 Å². The van der Waals surface area contributed by atoms with Crippen LogP contribution in [0, 0.1) is 0 Å². The molecule has 0 aliphatic carbocycles. The lowest BCUT2D eigenvalue weighted by molar-refractivity contribution is 0.142. The van der Waals surface area contributed by atoms with Gasteiger partial charge in [-0.25, -0.2) is 0 Å². The van der Waals surface area contributed by atoms with E-state index in [2.05, 4.69) is 31.1 Å². The van der Waals surface area contributed by atoms with Crippen molar-refractivity contribution in [3.05, 3.63) is 0 Å². The van der Waals surface area contributed by atoms with Gasteiger partial charge in [0.1, 0.15) is 0 Å². The minimum Gasteiger partial charge on any atom is -0.381 e. The molecule has 1 atom stereocenters. The molecule has 1 aliphatic heterocycles. The van der Waals surface area contributed by atoms with E-state index >= 15 is 0 Å². The van der Waals surface area contributed by atoms with Crippen LogP contribution in [0.1, 0.15) is 33.1 Å². The van der Waals surface area contributed by atoms with E-state index in [-0.39, 0.29) is 0 Å². The molecule has 90 valence electrons. The van der Waals surface area contributed by atoms with Crippen LogP contribution in [-0.2, 0) is 4.74 Å². The van der Waals surface area contributed by atoms with Crippen LogP contribution >= 0.6 is 0 Å². The van der Waals surface area contributed by atoms with Gasteiger partial charge in [0.2, 0.25) is 0 Å². The standard InChI is InChI=1S/C12H26N2O/c1-11(2)14(3)8-7-13-12-5-4-9-15-10-6-12/h11-13H,4-10H2,1-3H3. The van der Waals surface area contributed by atoms with Crippen molar-refractivity contribution in [2.24, 2.45) is 0 Å². The average molecular weight is 214 g/mol. The van der Waals surface area contributed by atoms with Crippen molar-refractivity contribution < 1.29 is 4.74 Å². The van der Waals surface area contributed by atoms with E-state index in [1.54, 1.807) is 0 Å². The third-order valence-electron chi connectivity index (χ3n) is 3.23. The maximum absolute atomic E-state index is 5.44. The molecule has 15 heavy (non-hydrogen) atoms. The third-order valence-corrected chi connectivity index (χ3v) is 3.23. The van der Waals surface area contributed by atoms with Crippen molar-refractivity contribution in [2.45, 2.75) is 45.2 Å². The maximum Gasteiger partial charge on any atom is 0.0480 e. The van der Waals surface area contributed by atoms with Gasteiger partial charge in [0, 0.05) is 38.4 Å². The predicted molar refractivity (Wildman–Crippen MR) is 64.2 cm³/mol. The summed E-state index contributed by atoms with van der Waals surface area (Å²) in [6, 6.07) is 1.32. The molecule has 1 aliphatic rings. The van der Waals surface area contributed by atoms with Gasteiger partial charge in [-0.1, -0.05) is 0 Å². The summed E-state index contributed by atoms with van der Waals surface area (Å²) in [4.78, 5) is 2.38. The van der Waals surface area contributed by atoms with E-state index in [9.17, 15) is 0 Å². The largest absolute Gasteiger partial charge is 0.381 e. The molecule has 1 N–H and O–H groups in total. The molecule has 0 aromatic heterocycles. The van der Waals surface area contributed by atoms with Crippen LogP contribution in [0.3, 0.4) is 0 Å². The Morgan fingerprint density at radius 1 is 1.33 bits per heavy atom. The number of nitrogens with one attached hydrogen (secondary N) is 1. The second-order valence-electron chi connectivity index (χ2n) is 4.77. The van der Waals surface area contributed by atoms with Gasteiger partial charge in [-0.15, -0.1) is 0 Å². The first kappa shape index (κ1) is 12.9. The van der Waals surface area contributed by atoms with Crippen LogP contribution in [0.4, 0.5) is 0 Å². The van der Waals surface area contributed by atoms with E-state index in [0.29, 0.717) is 12.1 Å². The van der Waals surface area contributed by atoms with Crippen molar-refractivity contribution in [3.8, 4) is 0 Å². The summed E-state index contributed by atoms with van der Waals surface area (Å²) >= 11 is 0. The predicted octanol–water partition coefficient (Wildman–Crippen LogP) is 1.49. The average Bonchev–Trinajstić information content (AvgIpc) is 2.46. The summed E-state index contributed by atoms with van der Waals surface area (Å²) in [7, 11) is 2.18. The molecule has 3 heteroatoms.